The quantitative estimate of drug-likeness (QED) is 0.773. The van der Waals surface area contributed by atoms with Gasteiger partial charge in [-0.15, -0.1) is 0 Å². The Kier molecular flexibility index (Phi) is 5.01. The van der Waals surface area contributed by atoms with Crippen molar-refractivity contribution in [3.63, 3.8) is 0 Å². The predicted octanol–water partition coefficient (Wildman–Crippen LogP) is 3.81. The van der Waals surface area contributed by atoms with Crippen molar-refractivity contribution in [3.05, 3.63) is 35.9 Å². The first-order valence-corrected chi connectivity index (χ1v) is 6.26. The number of rotatable bonds is 6. The zero-order valence-electron chi connectivity index (χ0n) is 10.7. The smallest absolute Gasteiger partial charge is 0.0622 e. The molecule has 0 saturated carbocycles. The summed E-state index contributed by atoms with van der Waals surface area (Å²) in [5.74, 6) is 0.562. The Labute approximate surface area is 99.5 Å². The Morgan fingerprint density at radius 3 is 2.38 bits per heavy atom. The third kappa shape index (κ3) is 5.32. The van der Waals surface area contributed by atoms with E-state index in [1.165, 1.54) is 5.56 Å². The maximum atomic E-state index is 10.2. The lowest BCUT2D eigenvalue weighted by Crippen LogP contribution is -2.26. The lowest BCUT2D eigenvalue weighted by atomic mass is 9.89. The van der Waals surface area contributed by atoms with Gasteiger partial charge < -0.3 is 5.11 Å². The van der Waals surface area contributed by atoms with Crippen molar-refractivity contribution in [1.82, 2.24) is 0 Å². The van der Waals surface area contributed by atoms with Crippen molar-refractivity contribution < 1.29 is 5.11 Å². The molecule has 1 heteroatoms. The van der Waals surface area contributed by atoms with Gasteiger partial charge in [0.1, 0.15) is 0 Å². The zero-order valence-corrected chi connectivity index (χ0v) is 10.7. The molecule has 0 amide bonds. The molecule has 0 bridgehead atoms. The molecule has 0 aromatic heterocycles. The van der Waals surface area contributed by atoms with Crippen LogP contribution < -0.4 is 0 Å². The molecular weight excluding hydrogens is 196 g/mol. The van der Waals surface area contributed by atoms with E-state index in [-0.39, 0.29) is 0 Å². The van der Waals surface area contributed by atoms with Crippen molar-refractivity contribution in [2.24, 2.45) is 5.92 Å². The van der Waals surface area contributed by atoms with Gasteiger partial charge in [-0.1, -0.05) is 44.2 Å². The van der Waals surface area contributed by atoms with Crippen LogP contribution >= 0.6 is 0 Å². The fraction of sp³-hybridized carbons (Fsp3) is 0.600. The zero-order chi connectivity index (χ0) is 12.0. The predicted molar refractivity (Wildman–Crippen MR) is 69.5 cm³/mol. The average molecular weight is 220 g/mol. The van der Waals surface area contributed by atoms with Crippen LogP contribution in [0.2, 0.25) is 0 Å². The van der Waals surface area contributed by atoms with Crippen LogP contribution in [-0.4, -0.2) is 10.7 Å². The highest BCUT2D eigenvalue weighted by molar-refractivity contribution is 5.14. The lowest BCUT2D eigenvalue weighted by Gasteiger charge is -2.25. The highest BCUT2D eigenvalue weighted by Crippen LogP contribution is 2.22. The minimum Gasteiger partial charge on any atom is -0.390 e. The first-order valence-electron chi connectivity index (χ1n) is 6.26. The molecule has 1 rings (SSSR count). The van der Waals surface area contributed by atoms with E-state index in [2.05, 4.69) is 38.1 Å². The molecule has 1 aromatic rings. The maximum Gasteiger partial charge on any atom is 0.0622 e. The molecule has 90 valence electrons. The van der Waals surface area contributed by atoms with Gasteiger partial charge in [-0.2, -0.15) is 0 Å². The van der Waals surface area contributed by atoms with E-state index in [1.54, 1.807) is 0 Å². The standard InChI is InChI=1S/C15H24O/c1-13(2)12-15(3,16)11-7-10-14-8-5-4-6-9-14/h4-6,8-9,13,16H,7,10-12H2,1-3H3. The average Bonchev–Trinajstić information content (AvgIpc) is 2.16. The van der Waals surface area contributed by atoms with Crippen LogP contribution in [0.25, 0.3) is 0 Å². The molecule has 0 fully saturated rings. The third-order valence-electron chi connectivity index (χ3n) is 2.87. The summed E-state index contributed by atoms with van der Waals surface area (Å²) >= 11 is 0. The second kappa shape index (κ2) is 6.05. The van der Waals surface area contributed by atoms with Gasteiger partial charge in [-0.05, 0) is 44.1 Å². The SMILES string of the molecule is CC(C)CC(C)(O)CCCc1ccccc1. The van der Waals surface area contributed by atoms with Crippen molar-refractivity contribution in [2.75, 3.05) is 0 Å². The molecule has 0 aliphatic carbocycles. The number of hydrogen-bond donors (Lipinski definition) is 1. The largest absolute Gasteiger partial charge is 0.390 e. The van der Waals surface area contributed by atoms with Crippen LogP contribution in [0.1, 0.15) is 45.6 Å². The van der Waals surface area contributed by atoms with Crippen molar-refractivity contribution in [2.45, 2.75) is 52.1 Å². The Bertz CT molecular complexity index is 288. The van der Waals surface area contributed by atoms with Crippen molar-refractivity contribution >= 4 is 0 Å². The van der Waals surface area contributed by atoms with Crippen LogP contribution in [0.15, 0.2) is 30.3 Å². The molecular formula is C15H24O. The van der Waals surface area contributed by atoms with E-state index in [9.17, 15) is 5.11 Å². The fourth-order valence-electron chi connectivity index (χ4n) is 2.30. The summed E-state index contributed by atoms with van der Waals surface area (Å²) in [4.78, 5) is 0. The first kappa shape index (κ1) is 13.2. The molecule has 0 radical (unpaired) electrons. The Morgan fingerprint density at radius 2 is 1.81 bits per heavy atom. The van der Waals surface area contributed by atoms with Crippen molar-refractivity contribution in [3.8, 4) is 0 Å². The number of aryl methyl sites for hydroxylation is 1. The third-order valence-corrected chi connectivity index (χ3v) is 2.87. The van der Waals surface area contributed by atoms with Crippen LogP contribution in [0.3, 0.4) is 0 Å². The van der Waals surface area contributed by atoms with Gasteiger partial charge >= 0.3 is 0 Å². The second-order valence-electron chi connectivity index (χ2n) is 5.43. The van der Waals surface area contributed by atoms with Gasteiger partial charge in [0.15, 0.2) is 0 Å². The molecule has 0 saturated heterocycles. The van der Waals surface area contributed by atoms with Crippen LogP contribution in [0, 0.1) is 5.92 Å². The highest BCUT2D eigenvalue weighted by Gasteiger charge is 2.20. The molecule has 16 heavy (non-hydrogen) atoms. The molecule has 1 aromatic carbocycles. The van der Waals surface area contributed by atoms with E-state index in [0.717, 1.165) is 25.7 Å². The molecule has 1 atom stereocenters. The lowest BCUT2D eigenvalue weighted by molar-refractivity contribution is 0.0281. The number of benzene rings is 1. The Hall–Kier alpha value is -0.820. The van der Waals surface area contributed by atoms with E-state index in [4.69, 9.17) is 0 Å². The summed E-state index contributed by atoms with van der Waals surface area (Å²) in [5.41, 5.74) is 0.867. The monoisotopic (exact) mass is 220 g/mol. The van der Waals surface area contributed by atoms with Gasteiger partial charge in [0.25, 0.3) is 0 Å². The summed E-state index contributed by atoms with van der Waals surface area (Å²) in [6.07, 6.45) is 3.90. The molecule has 1 unspecified atom stereocenters. The van der Waals surface area contributed by atoms with Crippen LogP contribution in [0.4, 0.5) is 0 Å². The van der Waals surface area contributed by atoms with E-state index < -0.39 is 5.60 Å². The Morgan fingerprint density at radius 1 is 1.19 bits per heavy atom. The minimum atomic E-state index is -0.497. The van der Waals surface area contributed by atoms with Gasteiger partial charge in [0.2, 0.25) is 0 Å². The topological polar surface area (TPSA) is 20.2 Å². The molecule has 0 aliphatic rings. The van der Waals surface area contributed by atoms with Gasteiger partial charge in [0.05, 0.1) is 5.60 Å². The normalized spacial score (nSPS) is 15.1. The molecule has 1 nitrogen and oxygen atoms in total. The summed E-state index contributed by atoms with van der Waals surface area (Å²) in [5, 5.41) is 10.2. The van der Waals surface area contributed by atoms with Crippen molar-refractivity contribution in [1.29, 1.82) is 0 Å². The second-order valence-corrected chi connectivity index (χ2v) is 5.43. The van der Waals surface area contributed by atoms with Gasteiger partial charge in [0, 0.05) is 0 Å². The van der Waals surface area contributed by atoms with Gasteiger partial charge in [-0.3, -0.25) is 0 Å². The van der Waals surface area contributed by atoms with E-state index in [1.807, 2.05) is 13.0 Å². The maximum absolute atomic E-state index is 10.2. The Balaban J connectivity index is 2.30. The number of hydrogen-bond acceptors (Lipinski definition) is 1. The van der Waals surface area contributed by atoms with Crippen LogP contribution in [0.5, 0.6) is 0 Å². The number of aliphatic hydroxyl groups is 1. The summed E-state index contributed by atoms with van der Waals surface area (Å²) in [6.45, 7) is 6.27. The summed E-state index contributed by atoms with van der Waals surface area (Å²) in [7, 11) is 0. The van der Waals surface area contributed by atoms with Crippen LogP contribution in [-0.2, 0) is 6.42 Å². The summed E-state index contributed by atoms with van der Waals surface area (Å²) in [6, 6.07) is 10.5. The fourth-order valence-corrected chi connectivity index (χ4v) is 2.30. The van der Waals surface area contributed by atoms with E-state index >= 15 is 0 Å². The molecule has 0 spiro atoms. The van der Waals surface area contributed by atoms with Gasteiger partial charge in [-0.25, -0.2) is 0 Å². The first-order chi connectivity index (χ1) is 7.49. The molecule has 0 aliphatic heterocycles. The molecule has 0 heterocycles. The summed E-state index contributed by atoms with van der Waals surface area (Å²) < 4.78 is 0. The highest BCUT2D eigenvalue weighted by atomic mass is 16.3. The van der Waals surface area contributed by atoms with E-state index in [0.29, 0.717) is 5.92 Å². The molecule has 1 N–H and O–H groups in total. The minimum absolute atomic E-state index is 0.497.